The summed E-state index contributed by atoms with van der Waals surface area (Å²) in [7, 11) is 1.69. The summed E-state index contributed by atoms with van der Waals surface area (Å²) in [6.07, 6.45) is 11.3. The van der Waals surface area contributed by atoms with Crippen LogP contribution in [0.5, 0.6) is 5.75 Å². The van der Waals surface area contributed by atoms with Gasteiger partial charge in [0.25, 0.3) is 0 Å². The van der Waals surface area contributed by atoms with Gasteiger partial charge in [-0.15, -0.1) is 0 Å². The number of nitrogens with zero attached hydrogens (tertiary/aromatic N) is 3. The molecule has 1 heterocycles. The van der Waals surface area contributed by atoms with Gasteiger partial charge in [-0.1, -0.05) is 61.9 Å². The highest BCUT2D eigenvalue weighted by molar-refractivity contribution is 5.76. The summed E-state index contributed by atoms with van der Waals surface area (Å²) in [5, 5.41) is 14.2. The lowest BCUT2D eigenvalue weighted by atomic mass is 9.84. The van der Waals surface area contributed by atoms with Crippen molar-refractivity contribution in [3.8, 4) is 28.8 Å². The van der Waals surface area contributed by atoms with Gasteiger partial charge in [0.05, 0.1) is 30.1 Å². The molecular weight excluding hydrogens is 382 g/mol. The maximum atomic E-state index is 9.21. The molecule has 1 fully saturated rings. The fraction of sp³-hybridized carbons (Fsp3) is 0.333. The van der Waals surface area contributed by atoms with Crippen LogP contribution >= 0.6 is 0 Å². The first-order valence-electron chi connectivity index (χ1n) is 11.2. The Morgan fingerprint density at radius 3 is 2.58 bits per heavy atom. The number of hydrogen-bond acceptors (Lipinski definition) is 3. The van der Waals surface area contributed by atoms with Gasteiger partial charge in [0.1, 0.15) is 11.4 Å². The Balaban J connectivity index is 1.57. The third kappa shape index (κ3) is 3.77. The minimum atomic E-state index is 0.667. The van der Waals surface area contributed by atoms with E-state index in [9.17, 15) is 5.26 Å². The van der Waals surface area contributed by atoms with Gasteiger partial charge in [-0.2, -0.15) is 10.4 Å². The minimum Gasteiger partial charge on any atom is -0.494 e. The van der Waals surface area contributed by atoms with E-state index in [1.807, 2.05) is 53.2 Å². The van der Waals surface area contributed by atoms with Crippen molar-refractivity contribution in [3.05, 3.63) is 70.9 Å². The third-order valence-electron chi connectivity index (χ3n) is 6.64. The SMILES string of the molecule is COc1ccccc1-n1nc2c(c1-c1ccc(C#N)cc1)CC(CC1CCCCC1)=C2. The molecule has 0 amide bonds. The van der Waals surface area contributed by atoms with Crippen molar-refractivity contribution in [1.82, 2.24) is 9.78 Å². The zero-order valence-electron chi connectivity index (χ0n) is 18.0. The Morgan fingerprint density at radius 1 is 1.06 bits per heavy atom. The van der Waals surface area contributed by atoms with Gasteiger partial charge < -0.3 is 4.74 Å². The first kappa shape index (κ1) is 19.6. The molecule has 0 radical (unpaired) electrons. The van der Waals surface area contributed by atoms with E-state index in [1.165, 1.54) is 49.7 Å². The number of nitriles is 1. The summed E-state index contributed by atoms with van der Waals surface area (Å²) in [6.45, 7) is 0. The predicted octanol–water partition coefficient (Wildman–Crippen LogP) is 6.33. The van der Waals surface area contributed by atoms with Gasteiger partial charge in [0.2, 0.25) is 0 Å². The molecule has 2 aromatic carbocycles. The van der Waals surface area contributed by atoms with Crippen molar-refractivity contribution in [2.75, 3.05) is 7.11 Å². The van der Waals surface area contributed by atoms with E-state index in [1.54, 1.807) is 7.11 Å². The van der Waals surface area contributed by atoms with Crippen molar-refractivity contribution in [1.29, 1.82) is 5.26 Å². The molecule has 1 saturated carbocycles. The van der Waals surface area contributed by atoms with Crippen molar-refractivity contribution >= 4 is 6.08 Å². The summed E-state index contributed by atoms with van der Waals surface area (Å²) >= 11 is 0. The molecule has 3 aromatic rings. The van der Waals surface area contributed by atoms with E-state index >= 15 is 0 Å². The highest BCUT2D eigenvalue weighted by Gasteiger charge is 2.27. The Hall–Kier alpha value is -3.32. The van der Waals surface area contributed by atoms with E-state index in [0.29, 0.717) is 5.56 Å². The molecular formula is C27H27N3O. The zero-order chi connectivity index (χ0) is 21.2. The quantitative estimate of drug-likeness (QED) is 0.495. The van der Waals surface area contributed by atoms with Crippen LogP contribution in [0, 0.1) is 17.2 Å². The van der Waals surface area contributed by atoms with Gasteiger partial charge in [0.15, 0.2) is 0 Å². The summed E-state index contributed by atoms with van der Waals surface area (Å²) < 4.78 is 7.64. The van der Waals surface area contributed by atoms with E-state index in [2.05, 4.69) is 12.1 Å². The maximum Gasteiger partial charge on any atom is 0.144 e. The molecule has 4 nitrogen and oxygen atoms in total. The Kier molecular flexibility index (Phi) is 5.34. The smallest absolute Gasteiger partial charge is 0.144 e. The monoisotopic (exact) mass is 409 g/mol. The maximum absolute atomic E-state index is 9.21. The first-order chi connectivity index (χ1) is 15.3. The molecule has 2 aliphatic rings. The Labute approximate surface area is 183 Å². The van der Waals surface area contributed by atoms with Crippen LogP contribution in [0.2, 0.25) is 0 Å². The second-order valence-corrected chi connectivity index (χ2v) is 8.67. The largest absolute Gasteiger partial charge is 0.494 e. The lowest BCUT2D eigenvalue weighted by molar-refractivity contribution is 0.355. The topological polar surface area (TPSA) is 50.8 Å². The highest BCUT2D eigenvalue weighted by Crippen LogP contribution is 2.40. The molecule has 0 atom stereocenters. The van der Waals surface area contributed by atoms with Gasteiger partial charge in [-0.3, -0.25) is 0 Å². The number of aromatic nitrogens is 2. The van der Waals surface area contributed by atoms with Crippen LogP contribution in [0.4, 0.5) is 0 Å². The molecule has 4 heteroatoms. The van der Waals surface area contributed by atoms with Crippen LogP contribution in [0.25, 0.3) is 23.0 Å². The lowest BCUT2D eigenvalue weighted by Gasteiger charge is -2.22. The van der Waals surface area contributed by atoms with Gasteiger partial charge in [-0.05, 0) is 49.1 Å². The molecule has 1 aromatic heterocycles. The fourth-order valence-electron chi connectivity index (χ4n) is 5.10. The molecule has 0 saturated heterocycles. The van der Waals surface area contributed by atoms with Crippen molar-refractivity contribution in [2.45, 2.75) is 44.9 Å². The van der Waals surface area contributed by atoms with E-state index in [4.69, 9.17) is 9.84 Å². The van der Waals surface area contributed by atoms with Crippen LogP contribution in [0.15, 0.2) is 54.1 Å². The van der Waals surface area contributed by atoms with Gasteiger partial charge in [0, 0.05) is 11.1 Å². The van der Waals surface area contributed by atoms with E-state index < -0.39 is 0 Å². The number of benzene rings is 2. The minimum absolute atomic E-state index is 0.667. The molecule has 5 rings (SSSR count). The number of methoxy groups -OCH3 is 1. The molecule has 0 aliphatic heterocycles. The second kappa shape index (κ2) is 8.43. The lowest BCUT2D eigenvalue weighted by Crippen LogP contribution is -2.08. The number of ether oxygens (including phenoxy) is 1. The van der Waals surface area contributed by atoms with Crippen LogP contribution in [-0.4, -0.2) is 16.9 Å². The van der Waals surface area contributed by atoms with Crippen LogP contribution in [0.3, 0.4) is 0 Å². The summed E-state index contributed by atoms with van der Waals surface area (Å²) in [6, 6.07) is 18.0. The molecule has 31 heavy (non-hydrogen) atoms. The van der Waals surface area contributed by atoms with Crippen molar-refractivity contribution in [3.63, 3.8) is 0 Å². The highest BCUT2D eigenvalue weighted by atomic mass is 16.5. The van der Waals surface area contributed by atoms with Crippen molar-refractivity contribution in [2.24, 2.45) is 5.92 Å². The van der Waals surface area contributed by atoms with E-state index in [0.717, 1.165) is 40.7 Å². The summed E-state index contributed by atoms with van der Waals surface area (Å²) in [5.74, 6) is 1.62. The number of para-hydroxylation sites is 2. The Bertz CT molecular complexity index is 1160. The van der Waals surface area contributed by atoms with Gasteiger partial charge in [-0.25, -0.2) is 4.68 Å². The molecule has 2 aliphatic carbocycles. The number of rotatable bonds is 5. The van der Waals surface area contributed by atoms with Crippen LogP contribution in [0.1, 0.15) is 55.3 Å². The fourth-order valence-corrected chi connectivity index (χ4v) is 5.10. The standard InChI is InChI=1S/C27H27N3O/c1-31-26-10-6-5-9-25(26)30-27(22-13-11-20(18-28)12-14-22)23-16-21(17-24(23)29-30)15-19-7-3-2-4-8-19/h5-6,9-14,17,19H,2-4,7-8,15-16H2,1H3. The van der Waals surface area contributed by atoms with Gasteiger partial charge >= 0.3 is 0 Å². The predicted molar refractivity (Wildman–Crippen MR) is 123 cm³/mol. The number of fused-ring (bicyclic) bond motifs is 1. The zero-order valence-corrected chi connectivity index (χ0v) is 18.0. The molecule has 0 unspecified atom stereocenters. The summed E-state index contributed by atoms with van der Waals surface area (Å²) in [5.41, 5.74) is 7.62. The number of allylic oxidation sites excluding steroid dienone is 1. The normalized spacial score (nSPS) is 15.9. The molecule has 0 bridgehead atoms. The van der Waals surface area contributed by atoms with Crippen LogP contribution in [-0.2, 0) is 6.42 Å². The average molecular weight is 410 g/mol. The molecule has 156 valence electrons. The third-order valence-corrected chi connectivity index (χ3v) is 6.64. The Morgan fingerprint density at radius 2 is 1.84 bits per heavy atom. The number of hydrogen-bond donors (Lipinski definition) is 0. The molecule has 0 spiro atoms. The van der Waals surface area contributed by atoms with E-state index in [-0.39, 0.29) is 0 Å². The average Bonchev–Trinajstić information content (AvgIpc) is 3.37. The first-order valence-corrected chi connectivity index (χ1v) is 11.2. The van der Waals surface area contributed by atoms with Crippen LogP contribution < -0.4 is 4.74 Å². The van der Waals surface area contributed by atoms with Crippen molar-refractivity contribution < 1.29 is 4.74 Å². The second-order valence-electron chi connectivity index (χ2n) is 8.67. The molecule has 0 N–H and O–H groups in total. The summed E-state index contributed by atoms with van der Waals surface area (Å²) in [4.78, 5) is 0.